The van der Waals surface area contributed by atoms with Crippen molar-refractivity contribution in [3.8, 4) is 22.9 Å². The molecule has 0 bridgehead atoms. The van der Waals surface area contributed by atoms with E-state index < -0.39 is 20.5 Å². The van der Waals surface area contributed by atoms with Crippen LogP contribution >= 0.6 is 0 Å². The molecule has 3 aromatic carbocycles. The van der Waals surface area contributed by atoms with Gasteiger partial charge in [-0.2, -0.15) is 5.26 Å². The third-order valence-electron chi connectivity index (χ3n) is 6.73. The molecule has 37 heavy (non-hydrogen) atoms. The van der Waals surface area contributed by atoms with Crippen LogP contribution < -0.4 is 15.5 Å². The SMILES string of the molecule is N#Cc1ccc(-c2cccc(CCCOc3ccc(S(=O)(=O)C4(C(=O)NO)CCNCC4)cc3)c2)cc1. The fourth-order valence-corrected chi connectivity index (χ4v) is 6.58. The van der Waals surface area contributed by atoms with E-state index in [-0.39, 0.29) is 17.7 Å². The Morgan fingerprint density at radius 2 is 1.73 bits per heavy atom. The molecule has 1 saturated heterocycles. The summed E-state index contributed by atoms with van der Waals surface area (Å²) in [5, 5.41) is 21.2. The van der Waals surface area contributed by atoms with Gasteiger partial charge < -0.3 is 10.1 Å². The van der Waals surface area contributed by atoms with Gasteiger partial charge in [0.05, 0.1) is 23.1 Å². The van der Waals surface area contributed by atoms with Gasteiger partial charge in [0.2, 0.25) is 0 Å². The van der Waals surface area contributed by atoms with Crippen molar-refractivity contribution in [2.24, 2.45) is 0 Å². The van der Waals surface area contributed by atoms with Crippen LogP contribution in [0.5, 0.6) is 5.75 Å². The van der Waals surface area contributed by atoms with Crippen molar-refractivity contribution in [2.45, 2.75) is 35.3 Å². The predicted molar refractivity (Wildman–Crippen MR) is 139 cm³/mol. The number of hydrogen-bond donors (Lipinski definition) is 3. The number of hydrogen-bond acceptors (Lipinski definition) is 7. The average Bonchev–Trinajstić information content (AvgIpc) is 2.95. The number of carbonyl (C=O) groups excluding carboxylic acids is 1. The Morgan fingerprint density at radius 3 is 2.38 bits per heavy atom. The molecule has 1 fully saturated rings. The number of sulfone groups is 1. The summed E-state index contributed by atoms with van der Waals surface area (Å²) in [4.78, 5) is 12.4. The Balaban J connectivity index is 1.35. The number of carbonyl (C=O) groups is 1. The van der Waals surface area contributed by atoms with Gasteiger partial charge in [-0.25, -0.2) is 13.9 Å². The molecule has 4 rings (SSSR count). The number of nitriles is 1. The highest BCUT2D eigenvalue weighted by Crippen LogP contribution is 2.34. The van der Waals surface area contributed by atoms with Crippen LogP contribution in [0.15, 0.2) is 77.7 Å². The summed E-state index contributed by atoms with van der Waals surface area (Å²) in [5.74, 6) is -0.367. The maximum absolute atomic E-state index is 13.3. The lowest BCUT2D eigenvalue weighted by molar-refractivity contribution is -0.132. The molecule has 1 heterocycles. The van der Waals surface area contributed by atoms with E-state index in [0.717, 1.165) is 24.0 Å². The fourth-order valence-electron chi connectivity index (χ4n) is 4.60. The molecule has 0 saturated carbocycles. The summed E-state index contributed by atoms with van der Waals surface area (Å²) in [6.45, 7) is 1.18. The molecule has 3 N–H and O–H groups in total. The van der Waals surface area contributed by atoms with Crippen molar-refractivity contribution in [1.82, 2.24) is 10.8 Å². The minimum absolute atomic E-state index is 0.0185. The highest BCUT2D eigenvalue weighted by molar-refractivity contribution is 7.93. The molecule has 0 spiro atoms. The number of ether oxygens (including phenoxy) is 1. The van der Waals surface area contributed by atoms with Gasteiger partial charge in [0, 0.05) is 0 Å². The van der Waals surface area contributed by atoms with Gasteiger partial charge in [0.1, 0.15) is 5.75 Å². The second-order valence-corrected chi connectivity index (χ2v) is 11.3. The number of rotatable bonds is 9. The molecule has 0 aliphatic carbocycles. The minimum Gasteiger partial charge on any atom is -0.494 e. The Hall–Kier alpha value is -3.71. The second-order valence-electron chi connectivity index (χ2n) is 9.00. The lowest BCUT2D eigenvalue weighted by Gasteiger charge is -2.34. The minimum atomic E-state index is -4.03. The van der Waals surface area contributed by atoms with Gasteiger partial charge in [-0.3, -0.25) is 10.0 Å². The third kappa shape index (κ3) is 5.67. The molecule has 192 valence electrons. The summed E-state index contributed by atoms with van der Waals surface area (Å²) in [5.41, 5.74) is 5.48. The van der Waals surface area contributed by atoms with Crippen LogP contribution in [0, 0.1) is 11.3 Å². The molecule has 1 aliphatic heterocycles. The lowest BCUT2D eigenvalue weighted by Crippen LogP contribution is -2.57. The van der Waals surface area contributed by atoms with E-state index in [2.05, 4.69) is 23.5 Å². The van der Waals surface area contributed by atoms with Crippen LogP contribution in [0.25, 0.3) is 11.1 Å². The summed E-state index contributed by atoms with van der Waals surface area (Å²) in [6, 6.07) is 23.9. The first kappa shape index (κ1) is 26.4. The van der Waals surface area contributed by atoms with Gasteiger partial charge in [0.25, 0.3) is 5.91 Å². The van der Waals surface area contributed by atoms with E-state index in [1.165, 1.54) is 17.7 Å². The van der Waals surface area contributed by atoms with E-state index >= 15 is 0 Å². The molecule has 0 atom stereocenters. The zero-order chi connectivity index (χ0) is 26.3. The largest absolute Gasteiger partial charge is 0.494 e. The third-order valence-corrected chi connectivity index (χ3v) is 9.24. The first-order valence-electron chi connectivity index (χ1n) is 12.1. The van der Waals surface area contributed by atoms with Gasteiger partial charge in [-0.15, -0.1) is 0 Å². The molecule has 1 aliphatic rings. The fraction of sp³-hybridized carbons (Fsp3) is 0.286. The van der Waals surface area contributed by atoms with Crippen LogP contribution in [0.2, 0.25) is 0 Å². The zero-order valence-electron chi connectivity index (χ0n) is 20.3. The first-order valence-corrected chi connectivity index (χ1v) is 13.6. The Labute approximate surface area is 216 Å². The number of hydroxylamine groups is 1. The maximum atomic E-state index is 13.3. The van der Waals surface area contributed by atoms with Crippen molar-refractivity contribution < 1.29 is 23.2 Å². The van der Waals surface area contributed by atoms with E-state index in [4.69, 9.17) is 10.00 Å². The summed E-state index contributed by atoms with van der Waals surface area (Å²) in [7, 11) is -4.03. The van der Waals surface area contributed by atoms with Crippen LogP contribution in [-0.2, 0) is 21.1 Å². The van der Waals surface area contributed by atoms with E-state index in [1.807, 2.05) is 24.3 Å². The highest BCUT2D eigenvalue weighted by atomic mass is 32.2. The molecule has 0 radical (unpaired) electrons. The predicted octanol–water partition coefficient (Wildman–Crippen LogP) is 3.64. The van der Waals surface area contributed by atoms with Crippen LogP contribution in [-0.4, -0.2) is 44.0 Å². The second kappa shape index (κ2) is 11.6. The van der Waals surface area contributed by atoms with Crippen LogP contribution in [0.3, 0.4) is 0 Å². The highest BCUT2D eigenvalue weighted by Gasteiger charge is 2.51. The van der Waals surface area contributed by atoms with Crippen molar-refractivity contribution in [2.75, 3.05) is 19.7 Å². The van der Waals surface area contributed by atoms with Crippen molar-refractivity contribution in [3.63, 3.8) is 0 Å². The molecule has 0 unspecified atom stereocenters. The summed E-state index contributed by atoms with van der Waals surface area (Å²) < 4.78 is 30.8. The van der Waals surface area contributed by atoms with Crippen molar-refractivity contribution in [1.29, 1.82) is 5.26 Å². The van der Waals surface area contributed by atoms with Crippen LogP contribution in [0.1, 0.15) is 30.4 Å². The van der Waals surface area contributed by atoms with E-state index in [9.17, 15) is 18.4 Å². The normalized spacial score (nSPS) is 14.9. The van der Waals surface area contributed by atoms with Gasteiger partial charge in [-0.05, 0) is 91.9 Å². The molecule has 0 aromatic heterocycles. The molecule has 1 amide bonds. The standard InChI is InChI=1S/C28H29N3O5S/c29-20-22-6-8-23(9-7-22)24-5-1-3-21(19-24)4-2-18-36-25-10-12-26(13-11-25)37(34,35)28(27(32)31-33)14-16-30-17-15-28/h1,3,5-13,19,30,33H,2,4,14-18H2,(H,31,32). The topological polar surface area (TPSA) is 129 Å². The molecule has 8 nitrogen and oxygen atoms in total. The molecule has 3 aromatic rings. The van der Waals surface area contributed by atoms with Gasteiger partial charge in [-0.1, -0.05) is 36.4 Å². The van der Waals surface area contributed by atoms with Gasteiger partial charge >= 0.3 is 0 Å². The number of piperidine rings is 1. The van der Waals surface area contributed by atoms with Crippen LogP contribution in [0.4, 0.5) is 0 Å². The van der Waals surface area contributed by atoms with E-state index in [0.29, 0.717) is 31.0 Å². The van der Waals surface area contributed by atoms with Crippen molar-refractivity contribution >= 4 is 15.7 Å². The number of amides is 1. The smallest absolute Gasteiger partial charge is 0.265 e. The number of nitrogens with one attached hydrogen (secondary N) is 2. The monoisotopic (exact) mass is 519 g/mol. The number of aryl methyl sites for hydroxylation is 1. The molecule has 9 heteroatoms. The Morgan fingerprint density at radius 1 is 1.03 bits per heavy atom. The van der Waals surface area contributed by atoms with E-state index in [1.54, 1.807) is 29.7 Å². The summed E-state index contributed by atoms with van der Waals surface area (Å²) >= 11 is 0. The maximum Gasteiger partial charge on any atom is 0.265 e. The number of benzene rings is 3. The van der Waals surface area contributed by atoms with Gasteiger partial charge in [0.15, 0.2) is 14.6 Å². The quantitative estimate of drug-likeness (QED) is 0.224. The average molecular weight is 520 g/mol. The summed E-state index contributed by atoms with van der Waals surface area (Å²) in [6.07, 6.45) is 1.73. The number of nitrogens with zero attached hydrogens (tertiary/aromatic N) is 1. The zero-order valence-corrected chi connectivity index (χ0v) is 21.1. The molecular formula is C28H29N3O5S. The first-order chi connectivity index (χ1) is 17.9. The lowest BCUT2D eigenvalue weighted by atomic mass is 9.96. The molecular weight excluding hydrogens is 490 g/mol. The Bertz CT molecular complexity index is 1370. The Kier molecular flexibility index (Phi) is 8.24. The van der Waals surface area contributed by atoms with Crippen molar-refractivity contribution in [3.05, 3.63) is 83.9 Å².